The summed E-state index contributed by atoms with van der Waals surface area (Å²) in [6.07, 6.45) is 1.59. The van der Waals surface area contributed by atoms with Crippen molar-refractivity contribution in [2.24, 2.45) is 0 Å². The van der Waals surface area contributed by atoms with Gasteiger partial charge in [0.05, 0.1) is 6.20 Å². The van der Waals surface area contributed by atoms with E-state index in [1.807, 2.05) is 43.4 Å². The van der Waals surface area contributed by atoms with Crippen molar-refractivity contribution in [1.29, 1.82) is 0 Å². The van der Waals surface area contributed by atoms with Gasteiger partial charge in [-0.1, -0.05) is 0 Å². The van der Waals surface area contributed by atoms with Crippen LogP contribution in [0.5, 0.6) is 0 Å². The van der Waals surface area contributed by atoms with E-state index in [1.54, 1.807) is 6.20 Å². The number of esters is 1. The lowest BCUT2D eigenvalue weighted by molar-refractivity contribution is -0.156. The average Bonchev–Trinajstić information content (AvgIpc) is 2.30. The van der Waals surface area contributed by atoms with E-state index in [4.69, 9.17) is 4.74 Å². The molecular formula is C8H12IN3O2. The molecule has 0 aliphatic heterocycles. The van der Waals surface area contributed by atoms with Gasteiger partial charge in [0.1, 0.15) is 9.30 Å². The molecule has 1 rings (SSSR count). The third-order valence-electron chi connectivity index (χ3n) is 1.20. The number of rotatable bonds is 2. The first-order chi connectivity index (χ1) is 6.37. The Kier molecular flexibility index (Phi) is 3.46. The van der Waals surface area contributed by atoms with E-state index in [9.17, 15) is 4.79 Å². The first-order valence-electron chi connectivity index (χ1n) is 4.14. The summed E-state index contributed by atoms with van der Waals surface area (Å²) >= 11 is 2.03. The Morgan fingerprint density at radius 2 is 2.29 bits per heavy atom. The lowest BCUT2D eigenvalue weighted by Gasteiger charge is -2.18. The summed E-state index contributed by atoms with van der Waals surface area (Å²) in [7, 11) is 0. The van der Waals surface area contributed by atoms with Gasteiger partial charge in [-0.15, -0.1) is 5.10 Å². The fourth-order valence-corrected chi connectivity index (χ4v) is 1.22. The summed E-state index contributed by atoms with van der Waals surface area (Å²) < 4.78 is 5.86. The Morgan fingerprint density at radius 1 is 1.64 bits per heavy atom. The van der Waals surface area contributed by atoms with Gasteiger partial charge in [-0.05, 0) is 43.4 Å². The Morgan fingerprint density at radius 3 is 2.71 bits per heavy atom. The highest BCUT2D eigenvalue weighted by atomic mass is 127. The SMILES string of the molecule is CC(C)(C)OC(=O)Cn1ncc(I)n1. The predicted molar refractivity (Wildman–Crippen MR) is 58.6 cm³/mol. The summed E-state index contributed by atoms with van der Waals surface area (Å²) in [6.45, 7) is 5.53. The molecule has 6 heteroatoms. The van der Waals surface area contributed by atoms with Crippen LogP contribution < -0.4 is 0 Å². The van der Waals surface area contributed by atoms with E-state index in [0.29, 0.717) is 0 Å². The van der Waals surface area contributed by atoms with E-state index in [1.165, 1.54) is 4.80 Å². The molecule has 0 radical (unpaired) electrons. The molecule has 0 aromatic carbocycles. The largest absolute Gasteiger partial charge is 0.459 e. The van der Waals surface area contributed by atoms with Crippen LogP contribution in [0, 0.1) is 3.70 Å². The minimum atomic E-state index is -0.461. The van der Waals surface area contributed by atoms with E-state index in [0.717, 1.165) is 3.70 Å². The summed E-state index contributed by atoms with van der Waals surface area (Å²) in [5.74, 6) is -0.329. The molecule has 0 spiro atoms. The van der Waals surface area contributed by atoms with Crippen molar-refractivity contribution < 1.29 is 9.53 Å². The maximum absolute atomic E-state index is 11.3. The van der Waals surface area contributed by atoms with E-state index < -0.39 is 5.60 Å². The molecule has 1 heterocycles. The molecule has 0 unspecified atom stereocenters. The molecule has 1 aromatic rings. The number of ether oxygens (including phenoxy) is 1. The highest BCUT2D eigenvalue weighted by molar-refractivity contribution is 14.1. The summed E-state index contributed by atoms with van der Waals surface area (Å²) in [6, 6.07) is 0. The smallest absolute Gasteiger partial charge is 0.330 e. The zero-order chi connectivity index (χ0) is 10.8. The number of hydrogen-bond acceptors (Lipinski definition) is 4. The molecule has 0 aliphatic carbocycles. The molecule has 0 fully saturated rings. The lowest BCUT2D eigenvalue weighted by atomic mass is 10.2. The van der Waals surface area contributed by atoms with Crippen molar-refractivity contribution in [3.63, 3.8) is 0 Å². The second kappa shape index (κ2) is 4.24. The molecule has 0 aliphatic rings. The number of hydrogen-bond donors (Lipinski definition) is 0. The second-order valence-corrected chi connectivity index (χ2v) is 4.89. The van der Waals surface area contributed by atoms with Crippen molar-refractivity contribution in [3.05, 3.63) is 9.90 Å². The standard InChI is InChI=1S/C8H12IN3O2/c1-8(2,3)14-7(13)5-12-10-4-6(9)11-12/h4H,5H2,1-3H3. The highest BCUT2D eigenvalue weighted by Gasteiger charge is 2.16. The summed E-state index contributed by atoms with van der Waals surface area (Å²) in [5, 5.41) is 7.86. The van der Waals surface area contributed by atoms with Gasteiger partial charge in [0.2, 0.25) is 0 Å². The molecular weight excluding hydrogens is 297 g/mol. The van der Waals surface area contributed by atoms with E-state index >= 15 is 0 Å². The fraction of sp³-hybridized carbons (Fsp3) is 0.625. The van der Waals surface area contributed by atoms with Crippen molar-refractivity contribution in [3.8, 4) is 0 Å². The Labute approximate surface area is 96.0 Å². The second-order valence-electron chi connectivity index (χ2n) is 3.78. The zero-order valence-electron chi connectivity index (χ0n) is 8.32. The van der Waals surface area contributed by atoms with E-state index in [-0.39, 0.29) is 12.5 Å². The molecule has 0 saturated carbocycles. The van der Waals surface area contributed by atoms with Crippen LogP contribution in [-0.2, 0) is 16.1 Å². The highest BCUT2D eigenvalue weighted by Crippen LogP contribution is 2.07. The van der Waals surface area contributed by atoms with Crippen molar-refractivity contribution in [2.75, 3.05) is 0 Å². The van der Waals surface area contributed by atoms with Gasteiger partial charge in [0, 0.05) is 0 Å². The topological polar surface area (TPSA) is 57.0 Å². The molecule has 1 aromatic heterocycles. The van der Waals surface area contributed by atoms with Crippen molar-refractivity contribution in [1.82, 2.24) is 15.0 Å². The van der Waals surface area contributed by atoms with Gasteiger partial charge >= 0.3 is 5.97 Å². The van der Waals surface area contributed by atoms with Gasteiger partial charge in [0.25, 0.3) is 0 Å². The minimum absolute atomic E-state index is 0.0558. The zero-order valence-corrected chi connectivity index (χ0v) is 10.5. The Hall–Kier alpha value is -0.660. The fourth-order valence-electron chi connectivity index (χ4n) is 0.842. The van der Waals surface area contributed by atoms with Crippen LogP contribution in [0.15, 0.2) is 6.20 Å². The summed E-state index contributed by atoms with van der Waals surface area (Å²) in [4.78, 5) is 12.6. The van der Waals surface area contributed by atoms with Crippen molar-refractivity contribution >= 4 is 28.6 Å². The van der Waals surface area contributed by atoms with Crippen LogP contribution >= 0.6 is 22.6 Å². The number of nitrogens with zero attached hydrogens (tertiary/aromatic N) is 3. The molecule has 78 valence electrons. The molecule has 0 bridgehead atoms. The Balaban J connectivity index is 2.50. The lowest BCUT2D eigenvalue weighted by Crippen LogP contribution is -2.27. The average molecular weight is 309 g/mol. The van der Waals surface area contributed by atoms with Crippen LogP contribution in [0.3, 0.4) is 0 Å². The maximum Gasteiger partial charge on any atom is 0.330 e. The van der Waals surface area contributed by atoms with Gasteiger partial charge < -0.3 is 4.74 Å². The van der Waals surface area contributed by atoms with Gasteiger partial charge in [-0.2, -0.15) is 9.90 Å². The molecule has 0 N–H and O–H groups in total. The van der Waals surface area contributed by atoms with Gasteiger partial charge in [0.15, 0.2) is 6.54 Å². The molecule has 0 amide bonds. The number of aromatic nitrogens is 3. The predicted octanol–water partition coefficient (Wildman–Crippen LogP) is 1.22. The van der Waals surface area contributed by atoms with Crippen molar-refractivity contribution in [2.45, 2.75) is 32.9 Å². The molecule has 14 heavy (non-hydrogen) atoms. The normalized spacial score (nSPS) is 11.4. The number of carbonyl (C=O) groups excluding carboxylic acids is 1. The Bertz CT molecular complexity index is 330. The third kappa shape index (κ3) is 4.03. The van der Waals surface area contributed by atoms with Gasteiger partial charge in [-0.25, -0.2) is 4.79 Å². The minimum Gasteiger partial charge on any atom is -0.459 e. The first-order valence-corrected chi connectivity index (χ1v) is 5.22. The number of halogens is 1. The molecule has 0 saturated heterocycles. The van der Waals surface area contributed by atoms with Crippen LogP contribution in [-0.4, -0.2) is 26.6 Å². The van der Waals surface area contributed by atoms with Crippen LogP contribution in [0.2, 0.25) is 0 Å². The summed E-state index contributed by atoms with van der Waals surface area (Å²) in [5.41, 5.74) is -0.461. The molecule has 0 atom stereocenters. The van der Waals surface area contributed by atoms with Crippen LogP contribution in [0.4, 0.5) is 0 Å². The van der Waals surface area contributed by atoms with Crippen LogP contribution in [0.25, 0.3) is 0 Å². The number of carbonyl (C=O) groups is 1. The molecule has 5 nitrogen and oxygen atoms in total. The van der Waals surface area contributed by atoms with E-state index in [2.05, 4.69) is 10.2 Å². The van der Waals surface area contributed by atoms with Crippen LogP contribution in [0.1, 0.15) is 20.8 Å². The first kappa shape index (κ1) is 11.4. The third-order valence-corrected chi connectivity index (χ3v) is 1.69. The quantitative estimate of drug-likeness (QED) is 0.609. The maximum atomic E-state index is 11.3. The van der Waals surface area contributed by atoms with Gasteiger partial charge in [-0.3, -0.25) is 0 Å². The monoisotopic (exact) mass is 309 g/mol.